The van der Waals surface area contributed by atoms with Gasteiger partial charge in [0.15, 0.2) is 5.65 Å². The molecule has 12 heavy (non-hydrogen) atoms. The number of anilines is 1. The number of nitrogens with two attached hydrogens (primary N) is 1. The van der Waals surface area contributed by atoms with Gasteiger partial charge in [0.25, 0.3) is 0 Å². The molecule has 0 saturated carbocycles. The van der Waals surface area contributed by atoms with Crippen LogP contribution in [0.1, 0.15) is 12.6 Å². The second kappa shape index (κ2) is 2.48. The molecule has 4 nitrogen and oxygen atoms in total. The van der Waals surface area contributed by atoms with Crippen molar-refractivity contribution in [2.24, 2.45) is 0 Å². The van der Waals surface area contributed by atoms with E-state index in [0.717, 1.165) is 17.8 Å². The minimum Gasteiger partial charge on any atom is -0.396 e. The van der Waals surface area contributed by atoms with Gasteiger partial charge >= 0.3 is 0 Å². The molecule has 2 N–H and O–H groups in total. The Labute approximate surface area is 70.0 Å². The predicted octanol–water partition coefficient (Wildman–Crippen LogP) is 0.874. The van der Waals surface area contributed by atoms with E-state index in [2.05, 4.69) is 17.0 Å². The molecule has 0 saturated heterocycles. The zero-order valence-electron chi connectivity index (χ0n) is 6.86. The summed E-state index contributed by atoms with van der Waals surface area (Å²) in [5.41, 5.74) is 8.13. The van der Waals surface area contributed by atoms with Crippen molar-refractivity contribution in [3.8, 4) is 0 Å². The molecule has 0 spiro atoms. The Bertz CT molecular complexity index is 404. The number of fused-ring (bicyclic) bond motifs is 1. The lowest BCUT2D eigenvalue weighted by Crippen LogP contribution is -1.94. The van der Waals surface area contributed by atoms with Crippen LogP contribution in [0.15, 0.2) is 18.5 Å². The van der Waals surface area contributed by atoms with Crippen LogP contribution in [0.5, 0.6) is 0 Å². The first-order chi connectivity index (χ1) is 5.81. The van der Waals surface area contributed by atoms with Crippen LogP contribution in [-0.4, -0.2) is 14.6 Å². The molecule has 0 unspecified atom stereocenters. The Morgan fingerprint density at radius 2 is 2.42 bits per heavy atom. The van der Waals surface area contributed by atoms with Gasteiger partial charge in [0.2, 0.25) is 0 Å². The summed E-state index contributed by atoms with van der Waals surface area (Å²) in [7, 11) is 0. The van der Waals surface area contributed by atoms with E-state index in [9.17, 15) is 0 Å². The molecule has 2 heterocycles. The third-order valence-electron chi connectivity index (χ3n) is 1.80. The second-order valence-electron chi connectivity index (χ2n) is 2.64. The Kier molecular flexibility index (Phi) is 1.46. The number of nitrogen functional groups attached to an aromatic ring is 1. The van der Waals surface area contributed by atoms with Gasteiger partial charge in [-0.2, -0.15) is 5.10 Å². The second-order valence-corrected chi connectivity index (χ2v) is 2.64. The highest BCUT2D eigenvalue weighted by molar-refractivity contribution is 5.63. The molecule has 2 aromatic heterocycles. The molecule has 0 bridgehead atoms. The normalized spacial score (nSPS) is 10.8. The number of aryl methyl sites for hydroxylation is 1. The molecule has 0 atom stereocenters. The number of imidazole rings is 1. The maximum Gasteiger partial charge on any atom is 0.176 e. The van der Waals surface area contributed by atoms with Gasteiger partial charge < -0.3 is 5.73 Å². The van der Waals surface area contributed by atoms with Crippen molar-refractivity contribution in [3.05, 3.63) is 24.2 Å². The van der Waals surface area contributed by atoms with Crippen molar-refractivity contribution in [2.45, 2.75) is 13.3 Å². The largest absolute Gasteiger partial charge is 0.396 e. The summed E-state index contributed by atoms with van der Waals surface area (Å²) in [5, 5.41) is 4.08. The lowest BCUT2D eigenvalue weighted by atomic mass is 10.4. The summed E-state index contributed by atoms with van der Waals surface area (Å²) in [4.78, 5) is 4.31. The number of hydrogen-bond acceptors (Lipinski definition) is 3. The van der Waals surface area contributed by atoms with Crippen LogP contribution in [0.3, 0.4) is 0 Å². The Morgan fingerprint density at radius 1 is 1.58 bits per heavy atom. The zero-order chi connectivity index (χ0) is 8.55. The molecule has 2 aromatic rings. The van der Waals surface area contributed by atoms with Crippen LogP contribution in [0, 0.1) is 0 Å². The number of hydrogen-bond donors (Lipinski definition) is 1. The van der Waals surface area contributed by atoms with Crippen LogP contribution < -0.4 is 5.73 Å². The van der Waals surface area contributed by atoms with Gasteiger partial charge in [-0.1, -0.05) is 6.92 Å². The number of rotatable bonds is 1. The SMILES string of the molecule is CCc1cn2nccc(N)c2n1. The molecule has 0 amide bonds. The molecular formula is C8H10N4. The van der Waals surface area contributed by atoms with E-state index < -0.39 is 0 Å². The molecule has 0 fully saturated rings. The molecule has 0 aliphatic rings. The van der Waals surface area contributed by atoms with Crippen LogP contribution in [0.2, 0.25) is 0 Å². The number of aromatic nitrogens is 3. The Hall–Kier alpha value is -1.58. The third-order valence-corrected chi connectivity index (χ3v) is 1.80. The first-order valence-corrected chi connectivity index (χ1v) is 3.90. The number of nitrogens with zero attached hydrogens (tertiary/aromatic N) is 3. The first-order valence-electron chi connectivity index (χ1n) is 3.90. The monoisotopic (exact) mass is 162 g/mol. The smallest absolute Gasteiger partial charge is 0.176 e. The molecule has 4 heteroatoms. The fourth-order valence-electron chi connectivity index (χ4n) is 1.13. The average Bonchev–Trinajstić information content (AvgIpc) is 2.49. The minimum absolute atomic E-state index is 0.671. The van der Waals surface area contributed by atoms with Crippen molar-refractivity contribution >= 4 is 11.3 Å². The zero-order valence-corrected chi connectivity index (χ0v) is 6.86. The van der Waals surface area contributed by atoms with Gasteiger partial charge in [0, 0.05) is 0 Å². The third kappa shape index (κ3) is 0.922. The van der Waals surface area contributed by atoms with Crippen molar-refractivity contribution in [3.63, 3.8) is 0 Å². The highest BCUT2D eigenvalue weighted by Gasteiger charge is 2.02. The van der Waals surface area contributed by atoms with Gasteiger partial charge in [0.1, 0.15) is 0 Å². The molecular weight excluding hydrogens is 152 g/mol. The van der Waals surface area contributed by atoms with Crippen molar-refractivity contribution in [1.29, 1.82) is 0 Å². The fraction of sp³-hybridized carbons (Fsp3) is 0.250. The van der Waals surface area contributed by atoms with Gasteiger partial charge in [-0.05, 0) is 12.5 Å². The maximum atomic E-state index is 5.70. The lowest BCUT2D eigenvalue weighted by Gasteiger charge is -1.92. The van der Waals surface area contributed by atoms with Gasteiger partial charge in [-0.25, -0.2) is 9.50 Å². The van der Waals surface area contributed by atoms with E-state index in [4.69, 9.17) is 5.73 Å². The lowest BCUT2D eigenvalue weighted by molar-refractivity contribution is 0.933. The maximum absolute atomic E-state index is 5.70. The molecule has 62 valence electrons. The van der Waals surface area contributed by atoms with Gasteiger partial charge in [-0.3, -0.25) is 0 Å². The van der Waals surface area contributed by atoms with E-state index >= 15 is 0 Å². The van der Waals surface area contributed by atoms with E-state index in [0.29, 0.717) is 5.69 Å². The summed E-state index contributed by atoms with van der Waals surface area (Å²) in [6, 6.07) is 1.75. The van der Waals surface area contributed by atoms with Crippen molar-refractivity contribution < 1.29 is 0 Å². The topological polar surface area (TPSA) is 56.2 Å². The highest BCUT2D eigenvalue weighted by Crippen LogP contribution is 2.10. The van der Waals surface area contributed by atoms with E-state index in [1.807, 2.05) is 6.20 Å². The molecule has 0 aliphatic carbocycles. The van der Waals surface area contributed by atoms with Crippen LogP contribution in [0.25, 0.3) is 5.65 Å². The Balaban J connectivity index is 2.74. The van der Waals surface area contributed by atoms with Crippen LogP contribution in [-0.2, 0) is 6.42 Å². The molecule has 0 aliphatic heterocycles. The van der Waals surface area contributed by atoms with E-state index in [1.165, 1.54) is 0 Å². The highest BCUT2D eigenvalue weighted by atomic mass is 15.2. The molecule has 0 radical (unpaired) electrons. The summed E-state index contributed by atoms with van der Waals surface area (Å²) >= 11 is 0. The van der Waals surface area contributed by atoms with Gasteiger partial charge in [0.05, 0.1) is 23.8 Å². The van der Waals surface area contributed by atoms with Crippen molar-refractivity contribution in [1.82, 2.24) is 14.6 Å². The molecule has 2 rings (SSSR count). The quantitative estimate of drug-likeness (QED) is 0.677. The summed E-state index contributed by atoms with van der Waals surface area (Å²) in [6.07, 6.45) is 4.47. The summed E-state index contributed by atoms with van der Waals surface area (Å²) in [5.74, 6) is 0. The van der Waals surface area contributed by atoms with E-state index in [1.54, 1.807) is 16.8 Å². The predicted molar refractivity (Wildman–Crippen MR) is 46.8 cm³/mol. The van der Waals surface area contributed by atoms with Crippen molar-refractivity contribution in [2.75, 3.05) is 5.73 Å². The first kappa shape index (κ1) is 7.09. The van der Waals surface area contributed by atoms with Gasteiger partial charge in [-0.15, -0.1) is 0 Å². The standard InChI is InChI=1S/C8H10N4/c1-2-6-5-12-8(11-6)7(9)3-4-10-12/h3-5H,2,9H2,1H3. The Morgan fingerprint density at radius 3 is 3.08 bits per heavy atom. The molecule has 0 aromatic carbocycles. The average molecular weight is 162 g/mol. The van der Waals surface area contributed by atoms with Crippen LogP contribution >= 0.6 is 0 Å². The van der Waals surface area contributed by atoms with Crippen LogP contribution in [0.4, 0.5) is 5.69 Å². The van der Waals surface area contributed by atoms with E-state index in [-0.39, 0.29) is 0 Å². The summed E-state index contributed by atoms with van der Waals surface area (Å²) in [6.45, 7) is 2.05. The summed E-state index contributed by atoms with van der Waals surface area (Å²) < 4.78 is 1.70. The minimum atomic E-state index is 0.671. The fourth-order valence-corrected chi connectivity index (χ4v) is 1.13.